The van der Waals surface area contributed by atoms with Crippen LogP contribution < -0.4 is 0 Å². The quantitative estimate of drug-likeness (QED) is 0.419. The summed E-state index contributed by atoms with van der Waals surface area (Å²) < 4.78 is 5.43. The Morgan fingerprint density at radius 2 is 1.85 bits per heavy atom. The molecule has 0 fully saturated rings. The van der Waals surface area contributed by atoms with Gasteiger partial charge in [-0.05, 0) is 59.5 Å². The average Bonchev–Trinajstić information content (AvgIpc) is 2.38. The summed E-state index contributed by atoms with van der Waals surface area (Å²) in [5.74, 6) is -0.170. The Morgan fingerprint density at radius 3 is 2.35 bits per heavy atom. The zero-order chi connectivity index (χ0) is 15.6. The van der Waals surface area contributed by atoms with Crippen LogP contribution in [0.1, 0.15) is 66.7 Å². The molecule has 0 aromatic heterocycles. The molecule has 0 N–H and O–H groups in total. The third-order valence-corrected chi connectivity index (χ3v) is 3.29. The second kappa shape index (κ2) is 9.57. The van der Waals surface area contributed by atoms with Gasteiger partial charge >= 0.3 is 5.97 Å². The molecule has 0 aliphatic rings. The van der Waals surface area contributed by atoms with Crippen LogP contribution in [0.25, 0.3) is 0 Å². The third-order valence-electron chi connectivity index (χ3n) is 3.29. The summed E-state index contributed by atoms with van der Waals surface area (Å²) in [6.07, 6.45) is 10.5. The second-order valence-corrected chi connectivity index (χ2v) is 5.75. The lowest BCUT2D eigenvalue weighted by Gasteiger charge is -2.25. The topological polar surface area (TPSA) is 26.3 Å². The van der Waals surface area contributed by atoms with E-state index in [0.29, 0.717) is 6.42 Å². The highest BCUT2D eigenvalue weighted by Gasteiger charge is 2.23. The van der Waals surface area contributed by atoms with Crippen molar-refractivity contribution in [1.82, 2.24) is 0 Å². The van der Waals surface area contributed by atoms with E-state index in [9.17, 15) is 4.79 Å². The Bertz CT molecular complexity index is 373. The second-order valence-electron chi connectivity index (χ2n) is 5.75. The van der Waals surface area contributed by atoms with Crippen molar-refractivity contribution in [2.45, 2.75) is 72.3 Å². The molecule has 0 bridgehead atoms. The molecule has 2 heteroatoms. The van der Waals surface area contributed by atoms with E-state index < -0.39 is 5.60 Å². The molecular formula is C18H30O2. The van der Waals surface area contributed by atoms with Gasteiger partial charge in [-0.25, -0.2) is 0 Å². The van der Waals surface area contributed by atoms with Gasteiger partial charge in [0.15, 0.2) is 0 Å². The average molecular weight is 278 g/mol. The maximum absolute atomic E-state index is 11.4. The molecule has 0 amide bonds. The summed E-state index contributed by atoms with van der Waals surface area (Å²) in [7, 11) is 0. The van der Waals surface area contributed by atoms with Crippen molar-refractivity contribution in [3.05, 3.63) is 36.0 Å². The lowest BCUT2D eigenvalue weighted by atomic mass is 9.98. The molecule has 0 aromatic rings. The number of carbonyl (C=O) groups excluding carboxylic acids is 1. The smallest absolute Gasteiger partial charge is 0.306 e. The van der Waals surface area contributed by atoms with Crippen molar-refractivity contribution in [2.24, 2.45) is 0 Å². The molecule has 0 radical (unpaired) electrons. The molecule has 1 unspecified atom stereocenters. The maximum atomic E-state index is 11.4. The zero-order valence-corrected chi connectivity index (χ0v) is 13.8. The Labute approximate surface area is 124 Å². The lowest BCUT2D eigenvalue weighted by Crippen LogP contribution is -2.28. The highest BCUT2D eigenvalue weighted by molar-refractivity contribution is 5.69. The van der Waals surface area contributed by atoms with Gasteiger partial charge in [-0.1, -0.05) is 36.8 Å². The maximum Gasteiger partial charge on any atom is 0.306 e. The zero-order valence-electron chi connectivity index (χ0n) is 13.8. The monoisotopic (exact) mass is 278 g/mol. The molecule has 0 rings (SSSR count). The van der Waals surface area contributed by atoms with Crippen molar-refractivity contribution in [3.8, 4) is 0 Å². The molecule has 1 atom stereocenters. The third kappa shape index (κ3) is 8.73. The fourth-order valence-corrected chi connectivity index (χ4v) is 1.82. The number of hydrogen-bond acceptors (Lipinski definition) is 2. The predicted octanol–water partition coefficient (Wildman–Crippen LogP) is 5.36. The first kappa shape index (κ1) is 18.7. The molecule has 20 heavy (non-hydrogen) atoms. The SMILES string of the molecule is C=CC(C)(CC/C=C(\C)CCC=C(C)C)OC(=O)CC. The summed E-state index contributed by atoms with van der Waals surface area (Å²) in [6.45, 7) is 13.9. The van der Waals surface area contributed by atoms with Gasteiger partial charge in [-0.15, -0.1) is 0 Å². The minimum Gasteiger partial charge on any atom is -0.455 e. The lowest BCUT2D eigenvalue weighted by molar-refractivity contribution is -0.153. The summed E-state index contributed by atoms with van der Waals surface area (Å²) in [5.41, 5.74) is 2.20. The van der Waals surface area contributed by atoms with Gasteiger partial charge in [0.2, 0.25) is 0 Å². The van der Waals surface area contributed by atoms with Crippen LogP contribution in [0.3, 0.4) is 0 Å². The first-order valence-corrected chi connectivity index (χ1v) is 7.47. The van der Waals surface area contributed by atoms with Gasteiger partial charge in [0, 0.05) is 6.42 Å². The van der Waals surface area contributed by atoms with Crippen LogP contribution in [0.15, 0.2) is 36.0 Å². The van der Waals surface area contributed by atoms with Crippen LogP contribution in [-0.4, -0.2) is 11.6 Å². The normalized spacial score (nSPS) is 14.3. The first-order valence-electron chi connectivity index (χ1n) is 7.47. The van der Waals surface area contributed by atoms with Crippen LogP contribution in [0.4, 0.5) is 0 Å². The predicted molar refractivity (Wildman–Crippen MR) is 86.6 cm³/mol. The van der Waals surface area contributed by atoms with Gasteiger partial charge in [-0.2, -0.15) is 0 Å². The molecule has 0 heterocycles. The van der Waals surface area contributed by atoms with Gasteiger partial charge in [0.25, 0.3) is 0 Å². The van der Waals surface area contributed by atoms with Crippen molar-refractivity contribution >= 4 is 5.97 Å². The van der Waals surface area contributed by atoms with Gasteiger partial charge in [0.05, 0.1) is 0 Å². The number of rotatable bonds is 9. The number of hydrogen-bond donors (Lipinski definition) is 0. The van der Waals surface area contributed by atoms with Crippen LogP contribution in [-0.2, 0) is 9.53 Å². The van der Waals surface area contributed by atoms with Gasteiger partial charge < -0.3 is 4.74 Å². The van der Waals surface area contributed by atoms with E-state index in [-0.39, 0.29) is 5.97 Å². The summed E-state index contributed by atoms with van der Waals surface area (Å²) in [5, 5.41) is 0. The largest absolute Gasteiger partial charge is 0.455 e. The van der Waals surface area contributed by atoms with Crippen LogP contribution in [0, 0.1) is 0 Å². The number of allylic oxidation sites excluding steroid dienone is 4. The Morgan fingerprint density at radius 1 is 1.20 bits per heavy atom. The van der Waals surface area contributed by atoms with Crippen LogP contribution in [0.5, 0.6) is 0 Å². The molecule has 0 spiro atoms. The van der Waals surface area contributed by atoms with E-state index in [0.717, 1.165) is 25.7 Å². The summed E-state index contributed by atoms with van der Waals surface area (Å²) >= 11 is 0. The van der Waals surface area contributed by atoms with Crippen molar-refractivity contribution in [2.75, 3.05) is 0 Å². The van der Waals surface area contributed by atoms with Gasteiger partial charge in [-0.3, -0.25) is 4.79 Å². The first-order chi connectivity index (χ1) is 9.33. The molecule has 0 aromatic carbocycles. The standard InChI is InChI=1S/C18H30O2/c1-7-17(19)20-18(6,8-2)14-10-13-16(5)12-9-11-15(3)4/h8,11,13H,2,7,9-10,12,14H2,1,3-6H3/b16-13+. The van der Waals surface area contributed by atoms with Crippen molar-refractivity contribution in [1.29, 1.82) is 0 Å². The molecule has 0 aliphatic carbocycles. The Kier molecular flexibility index (Phi) is 8.94. The van der Waals surface area contributed by atoms with Crippen LogP contribution >= 0.6 is 0 Å². The van der Waals surface area contributed by atoms with Gasteiger partial charge in [0.1, 0.15) is 5.60 Å². The van der Waals surface area contributed by atoms with E-state index in [1.165, 1.54) is 11.1 Å². The molecule has 114 valence electrons. The minimum atomic E-state index is -0.552. The molecule has 0 aliphatic heterocycles. The van der Waals surface area contributed by atoms with E-state index in [4.69, 9.17) is 4.74 Å². The molecule has 0 saturated heterocycles. The van der Waals surface area contributed by atoms with E-state index in [2.05, 4.69) is 39.5 Å². The number of carbonyl (C=O) groups is 1. The van der Waals surface area contributed by atoms with E-state index in [1.807, 2.05) is 6.92 Å². The minimum absolute atomic E-state index is 0.170. The van der Waals surface area contributed by atoms with Crippen molar-refractivity contribution in [3.63, 3.8) is 0 Å². The molecule has 2 nitrogen and oxygen atoms in total. The molecule has 0 saturated carbocycles. The van der Waals surface area contributed by atoms with E-state index in [1.54, 1.807) is 13.0 Å². The summed E-state index contributed by atoms with van der Waals surface area (Å²) in [6, 6.07) is 0. The van der Waals surface area contributed by atoms with Crippen LogP contribution in [0.2, 0.25) is 0 Å². The summed E-state index contributed by atoms with van der Waals surface area (Å²) in [4.78, 5) is 11.4. The Balaban J connectivity index is 4.26. The fraction of sp³-hybridized carbons (Fsp3) is 0.611. The molecular weight excluding hydrogens is 248 g/mol. The highest BCUT2D eigenvalue weighted by Crippen LogP contribution is 2.21. The highest BCUT2D eigenvalue weighted by atomic mass is 16.6. The number of esters is 1. The van der Waals surface area contributed by atoms with Crippen molar-refractivity contribution < 1.29 is 9.53 Å². The Hall–Kier alpha value is -1.31. The fourth-order valence-electron chi connectivity index (χ4n) is 1.82. The van der Waals surface area contributed by atoms with E-state index >= 15 is 0 Å². The number of ether oxygens (including phenoxy) is 1.